The van der Waals surface area contributed by atoms with Crippen molar-refractivity contribution in [2.24, 2.45) is 0 Å². The fraction of sp³-hybridized carbons (Fsp3) is 0.429. The first-order valence-corrected chi connectivity index (χ1v) is 9.35. The van der Waals surface area contributed by atoms with Gasteiger partial charge >= 0.3 is 0 Å². The fourth-order valence-electron chi connectivity index (χ4n) is 4.08. The predicted octanol–water partition coefficient (Wildman–Crippen LogP) is 2.64. The van der Waals surface area contributed by atoms with E-state index in [4.69, 9.17) is 4.74 Å². The number of amides is 1. The van der Waals surface area contributed by atoms with Crippen LogP contribution in [0.3, 0.4) is 0 Å². The Kier molecular flexibility index (Phi) is 5.00. The molecule has 136 valence electrons. The van der Waals surface area contributed by atoms with E-state index in [9.17, 15) is 4.79 Å². The van der Waals surface area contributed by atoms with Gasteiger partial charge in [-0.25, -0.2) is 0 Å². The van der Waals surface area contributed by atoms with E-state index in [0.717, 1.165) is 50.2 Å². The van der Waals surface area contributed by atoms with E-state index in [2.05, 4.69) is 21.3 Å². The highest BCUT2D eigenvalue weighted by Crippen LogP contribution is 2.34. The second kappa shape index (κ2) is 7.56. The lowest BCUT2D eigenvalue weighted by Gasteiger charge is -2.38. The Bertz CT molecular complexity index is 737. The van der Waals surface area contributed by atoms with Crippen molar-refractivity contribution in [2.75, 3.05) is 19.7 Å². The third-order valence-corrected chi connectivity index (χ3v) is 5.37. The van der Waals surface area contributed by atoms with E-state index in [0.29, 0.717) is 6.61 Å². The minimum Gasteiger partial charge on any atom is -0.373 e. The van der Waals surface area contributed by atoms with Crippen molar-refractivity contribution in [3.63, 3.8) is 0 Å². The summed E-state index contributed by atoms with van der Waals surface area (Å²) in [4.78, 5) is 19.3. The van der Waals surface area contributed by atoms with E-state index < -0.39 is 0 Å². The van der Waals surface area contributed by atoms with Crippen molar-refractivity contribution in [2.45, 2.75) is 37.5 Å². The van der Waals surface area contributed by atoms with Crippen molar-refractivity contribution in [3.05, 3.63) is 66.0 Å². The quantitative estimate of drug-likeness (QED) is 0.920. The van der Waals surface area contributed by atoms with Crippen LogP contribution in [0.25, 0.3) is 0 Å². The Labute approximate surface area is 154 Å². The number of nitrogens with one attached hydrogen (secondary N) is 1. The highest BCUT2D eigenvalue weighted by atomic mass is 16.5. The van der Waals surface area contributed by atoms with Gasteiger partial charge < -0.3 is 10.1 Å². The number of hydrogen-bond acceptors (Lipinski definition) is 4. The van der Waals surface area contributed by atoms with Gasteiger partial charge in [-0.2, -0.15) is 0 Å². The molecule has 0 unspecified atom stereocenters. The lowest BCUT2D eigenvalue weighted by Crippen LogP contribution is -2.49. The van der Waals surface area contributed by atoms with Crippen molar-refractivity contribution < 1.29 is 9.53 Å². The molecule has 26 heavy (non-hydrogen) atoms. The molecule has 0 saturated carbocycles. The van der Waals surface area contributed by atoms with Crippen molar-refractivity contribution in [1.82, 2.24) is 15.2 Å². The monoisotopic (exact) mass is 351 g/mol. The summed E-state index contributed by atoms with van der Waals surface area (Å²) in [6.07, 6.45) is 4.61. The van der Waals surface area contributed by atoms with Gasteiger partial charge in [0.2, 0.25) is 0 Å². The van der Waals surface area contributed by atoms with E-state index in [1.807, 2.05) is 48.7 Å². The Morgan fingerprint density at radius 2 is 2.08 bits per heavy atom. The standard InChI is InChI=1S/C21H25N3O2/c25-20(17-6-2-1-3-7-17)23-18-9-13-26-21(14-18)10-12-24(16-21)15-19-8-4-5-11-22-19/h1-8,11,18H,9-10,12-16H2,(H,23,25)/t18-,21-/m1/s1. The molecule has 2 saturated heterocycles. The number of pyridine rings is 1. The number of aromatic nitrogens is 1. The summed E-state index contributed by atoms with van der Waals surface area (Å²) in [6, 6.07) is 15.6. The summed E-state index contributed by atoms with van der Waals surface area (Å²) in [6.45, 7) is 3.47. The highest BCUT2D eigenvalue weighted by molar-refractivity contribution is 5.94. The first-order valence-electron chi connectivity index (χ1n) is 9.35. The number of ether oxygens (including phenoxy) is 1. The summed E-state index contributed by atoms with van der Waals surface area (Å²) in [5.74, 6) is 0.0102. The van der Waals surface area contributed by atoms with Gasteiger partial charge in [-0.15, -0.1) is 0 Å². The van der Waals surface area contributed by atoms with Crippen LogP contribution in [-0.4, -0.2) is 47.1 Å². The van der Waals surface area contributed by atoms with Crippen LogP contribution in [0.4, 0.5) is 0 Å². The van der Waals surface area contributed by atoms with Gasteiger partial charge in [-0.1, -0.05) is 24.3 Å². The van der Waals surface area contributed by atoms with Gasteiger partial charge in [0.15, 0.2) is 0 Å². The molecule has 2 aromatic rings. The van der Waals surface area contributed by atoms with Crippen LogP contribution in [0.1, 0.15) is 35.3 Å². The fourth-order valence-corrected chi connectivity index (χ4v) is 4.08. The van der Waals surface area contributed by atoms with Gasteiger partial charge in [0.1, 0.15) is 0 Å². The summed E-state index contributed by atoms with van der Waals surface area (Å²) < 4.78 is 6.20. The van der Waals surface area contributed by atoms with Gasteiger partial charge in [0.05, 0.1) is 11.3 Å². The van der Waals surface area contributed by atoms with Crippen LogP contribution in [0.15, 0.2) is 54.7 Å². The summed E-state index contributed by atoms with van der Waals surface area (Å²) >= 11 is 0. The Morgan fingerprint density at radius 3 is 2.88 bits per heavy atom. The van der Waals surface area contributed by atoms with E-state index in [-0.39, 0.29) is 17.6 Å². The normalized spacial score (nSPS) is 26.1. The highest BCUT2D eigenvalue weighted by Gasteiger charge is 2.43. The first-order chi connectivity index (χ1) is 12.7. The van der Waals surface area contributed by atoms with Gasteiger partial charge in [0.25, 0.3) is 5.91 Å². The Hall–Kier alpha value is -2.24. The topological polar surface area (TPSA) is 54.5 Å². The molecular formula is C21H25N3O2. The molecule has 5 nitrogen and oxygen atoms in total. The minimum atomic E-state index is -0.137. The van der Waals surface area contributed by atoms with Crippen LogP contribution in [0.5, 0.6) is 0 Å². The number of carbonyl (C=O) groups is 1. The summed E-state index contributed by atoms with van der Waals surface area (Å²) in [7, 11) is 0. The van der Waals surface area contributed by atoms with E-state index in [1.54, 1.807) is 0 Å². The second-order valence-corrected chi connectivity index (χ2v) is 7.34. The Morgan fingerprint density at radius 1 is 1.23 bits per heavy atom. The molecule has 0 bridgehead atoms. The molecule has 3 heterocycles. The molecule has 5 heteroatoms. The zero-order chi connectivity index (χ0) is 17.8. The number of likely N-dealkylation sites (tertiary alicyclic amines) is 1. The number of hydrogen-bond donors (Lipinski definition) is 1. The zero-order valence-corrected chi connectivity index (χ0v) is 14.9. The van der Waals surface area contributed by atoms with Crippen LogP contribution < -0.4 is 5.32 Å². The van der Waals surface area contributed by atoms with Gasteiger partial charge in [-0.3, -0.25) is 14.7 Å². The predicted molar refractivity (Wildman–Crippen MR) is 99.7 cm³/mol. The summed E-state index contributed by atoms with van der Waals surface area (Å²) in [5.41, 5.74) is 1.67. The van der Waals surface area contributed by atoms with Crippen molar-refractivity contribution >= 4 is 5.91 Å². The molecule has 1 N–H and O–H groups in total. The molecule has 0 radical (unpaired) electrons. The van der Waals surface area contributed by atoms with Gasteiger partial charge in [-0.05, 0) is 43.5 Å². The lowest BCUT2D eigenvalue weighted by molar-refractivity contribution is -0.0793. The molecule has 1 aromatic carbocycles. The maximum atomic E-state index is 12.5. The average Bonchev–Trinajstić information content (AvgIpc) is 3.05. The molecule has 2 aliphatic heterocycles. The number of benzene rings is 1. The molecule has 1 aromatic heterocycles. The number of rotatable bonds is 4. The van der Waals surface area contributed by atoms with Crippen LogP contribution >= 0.6 is 0 Å². The molecule has 1 amide bonds. The molecule has 1 spiro atoms. The number of carbonyl (C=O) groups excluding carboxylic acids is 1. The summed E-state index contributed by atoms with van der Waals surface area (Å²) in [5, 5.41) is 3.20. The largest absolute Gasteiger partial charge is 0.373 e. The third-order valence-electron chi connectivity index (χ3n) is 5.37. The molecule has 2 aliphatic rings. The smallest absolute Gasteiger partial charge is 0.251 e. The maximum Gasteiger partial charge on any atom is 0.251 e. The van der Waals surface area contributed by atoms with Crippen LogP contribution in [0, 0.1) is 0 Å². The average molecular weight is 351 g/mol. The number of nitrogens with zero attached hydrogens (tertiary/aromatic N) is 2. The SMILES string of the molecule is O=C(N[C@@H]1CCO[C@]2(CCN(Cc3ccccn3)C2)C1)c1ccccc1. The zero-order valence-electron chi connectivity index (χ0n) is 14.9. The third kappa shape index (κ3) is 3.94. The Balaban J connectivity index is 1.35. The second-order valence-electron chi connectivity index (χ2n) is 7.34. The van der Waals surface area contributed by atoms with Crippen molar-refractivity contribution in [1.29, 1.82) is 0 Å². The van der Waals surface area contributed by atoms with Gasteiger partial charge in [0, 0.05) is 44.0 Å². The van der Waals surface area contributed by atoms with Crippen LogP contribution in [-0.2, 0) is 11.3 Å². The molecule has 0 aliphatic carbocycles. The maximum absolute atomic E-state index is 12.5. The minimum absolute atomic E-state index is 0.0102. The molecule has 4 rings (SSSR count). The lowest BCUT2D eigenvalue weighted by atomic mass is 9.89. The first kappa shape index (κ1) is 17.2. The molecule has 2 atom stereocenters. The van der Waals surface area contributed by atoms with E-state index >= 15 is 0 Å². The van der Waals surface area contributed by atoms with E-state index in [1.165, 1.54) is 0 Å². The van der Waals surface area contributed by atoms with Crippen molar-refractivity contribution in [3.8, 4) is 0 Å². The molecule has 2 fully saturated rings. The van der Waals surface area contributed by atoms with Crippen LogP contribution in [0.2, 0.25) is 0 Å². The molecular weight excluding hydrogens is 326 g/mol.